The Kier molecular flexibility index (Phi) is 8.84. The molecule has 0 aromatic heterocycles. The number of fused-ring (bicyclic) bond motifs is 1. The number of carbonyl (C=O) groups is 1. The van der Waals surface area contributed by atoms with Gasteiger partial charge in [0, 0.05) is 39.8 Å². The van der Waals surface area contributed by atoms with Crippen LogP contribution in [0.25, 0.3) is 0 Å². The van der Waals surface area contributed by atoms with Gasteiger partial charge < -0.3 is 34.5 Å². The molecule has 0 unspecified atom stereocenters. The number of piperidine rings is 1. The number of likely N-dealkylation sites (N-methyl/N-ethyl adjacent to an activating group) is 1. The van der Waals surface area contributed by atoms with E-state index in [-0.39, 0.29) is 24.0 Å². The van der Waals surface area contributed by atoms with Gasteiger partial charge in [0.1, 0.15) is 18.1 Å². The zero-order valence-corrected chi connectivity index (χ0v) is 20.9. The average molecular weight is 484 g/mol. The highest BCUT2D eigenvalue weighted by molar-refractivity contribution is 5.81. The fraction of sp³-hybridized carbons (Fsp3) is 0.519. The van der Waals surface area contributed by atoms with Crippen LogP contribution in [0.15, 0.2) is 42.5 Å². The molecule has 0 aliphatic carbocycles. The first-order valence-corrected chi connectivity index (χ1v) is 12.3. The molecule has 1 fully saturated rings. The van der Waals surface area contributed by atoms with E-state index >= 15 is 0 Å². The van der Waals surface area contributed by atoms with Crippen molar-refractivity contribution in [3.05, 3.63) is 53.6 Å². The highest BCUT2D eigenvalue weighted by Crippen LogP contribution is 2.35. The molecular formula is C27H37N3O5. The second kappa shape index (κ2) is 12.2. The summed E-state index contributed by atoms with van der Waals surface area (Å²) in [6.07, 6.45) is 1.58. The molecule has 0 bridgehead atoms. The summed E-state index contributed by atoms with van der Waals surface area (Å²) >= 11 is 0. The van der Waals surface area contributed by atoms with Crippen molar-refractivity contribution in [3.8, 4) is 11.5 Å². The van der Waals surface area contributed by atoms with E-state index < -0.39 is 0 Å². The second-order valence-electron chi connectivity index (χ2n) is 9.02. The zero-order chi connectivity index (χ0) is 24.6. The summed E-state index contributed by atoms with van der Waals surface area (Å²) in [6.45, 7) is 4.33. The summed E-state index contributed by atoms with van der Waals surface area (Å²) < 4.78 is 22.9. The zero-order valence-electron chi connectivity index (χ0n) is 20.9. The Morgan fingerprint density at radius 2 is 2.03 bits per heavy atom. The molecule has 35 heavy (non-hydrogen) atoms. The summed E-state index contributed by atoms with van der Waals surface area (Å²) in [5.41, 5.74) is 3.36. The Bertz CT molecular complexity index is 968. The molecule has 0 spiro atoms. The predicted octanol–water partition coefficient (Wildman–Crippen LogP) is 2.71. The number of hydrogen-bond acceptors (Lipinski definition) is 7. The first-order valence-electron chi connectivity index (χ1n) is 12.3. The molecule has 2 N–H and O–H groups in total. The van der Waals surface area contributed by atoms with Crippen LogP contribution >= 0.6 is 0 Å². The number of ether oxygens (including phenoxy) is 4. The fourth-order valence-corrected chi connectivity index (χ4v) is 4.88. The highest BCUT2D eigenvalue weighted by atomic mass is 16.5. The summed E-state index contributed by atoms with van der Waals surface area (Å²) in [5.74, 6) is 1.83. The van der Waals surface area contributed by atoms with Crippen LogP contribution in [0, 0.1) is 0 Å². The van der Waals surface area contributed by atoms with Gasteiger partial charge in [0.2, 0.25) is 5.91 Å². The lowest BCUT2D eigenvalue weighted by Crippen LogP contribution is -2.53. The average Bonchev–Trinajstić information content (AvgIpc) is 2.91. The lowest BCUT2D eigenvalue weighted by atomic mass is 9.84. The molecule has 2 aliphatic rings. The molecule has 4 rings (SSSR count). The molecule has 190 valence electrons. The van der Waals surface area contributed by atoms with Crippen molar-refractivity contribution in [2.45, 2.75) is 37.5 Å². The maximum atomic E-state index is 12.3. The molecule has 2 aromatic rings. The van der Waals surface area contributed by atoms with Gasteiger partial charge in [-0.05, 0) is 48.2 Å². The summed E-state index contributed by atoms with van der Waals surface area (Å²) in [5, 5.41) is 6.12. The number of nitrogens with one attached hydrogen (secondary N) is 2. The molecule has 2 heterocycles. The van der Waals surface area contributed by atoms with Crippen LogP contribution in [0.2, 0.25) is 0 Å². The van der Waals surface area contributed by atoms with Crippen molar-refractivity contribution in [3.63, 3.8) is 0 Å². The lowest BCUT2D eigenvalue weighted by molar-refractivity contribution is -0.124. The van der Waals surface area contributed by atoms with Crippen molar-refractivity contribution in [1.29, 1.82) is 0 Å². The van der Waals surface area contributed by atoms with Crippen molar-refractivity contribution in [2.24, 2.45) is 0 Å². The van der Waals surface area contributed by atoms with E-state index in [9.17, 15) is 4.79 Å². The molecule has 8 heteroatoms. The second-order valence-corrected chi connectivity index (χ2v) is 9.02. The number of hydrogen-bond donors (Lipinski definition) is 2. The first-order chi connectivity index (χ1) is 17.1. The highest BCUT2D eigenvalue weighted by Gasteiger charge is 2.35. The molecular weight excluding hydrogens is 446 g/mol. The maximum Gasteiger partial charge on any atom is 0.236 e. The van der Waals surface area contributed by atoms with Crippen molar-refractivity contribution in [1.82, 2.24) is 10.6 Å². The third-order valence-electron chi connectivity index (χ3n) is 6.83. The van der Waals surface area contributed by atoms with E-state index in [1.165, 1.54) is 0 Å². The van der Waals surface area contributed by atoms with E-state index in [4.69, 9.17) is 18.9 Å². The first kappa shape index (κ1) is 25.3. The van der Waals surface area contributed by atoms with Gasteiger partial charge in [-0.3, -0.25) is 4.79 Å². The molecule has 1 amide bonds. The molecule has 2 aliphatic heterocycles. The fourth-order valence-electron chi connectivity index (χ4n) is 4.88. The Balaban J connectivity index is 1.47. The largest absolute Gasteiger partial charge is 0.497 e. The van der Waals surface area contributed by atoms with Crippen LogP contribution in [0.4, 0.5) is 5.69 Å². The summed E-state index contributed by atoms with van der Waals surface area (Å²) in [4.78, 5) is 14.7. The number of nitrogens with zero attached hydrogens (tertiary/aromatic N) is 1. The smallest absolute Gasteiger partial charge is 0.236 e. The van der Waals surface area contributed by atoms with Crippen LogP contribution < -0.4 is 25.0 Å². The molecule has 0 radical (unpaired) electrons. The van der Waals surface area contributed by atoms with Gasteiger partial charge >= 0.3 is 0 Å². The van der Waals surface area contributed by atoms with E-state index in [0.717, 1.165) is 54.4 Å². The minimum atomic E-state index is -0.242. The number of carbonyl (C=O) groups excluding carboxylic acids is 1. The van der Waals surface area contributed by atoms with Crippen LogP contribution in [0.1, 0.15) is 29.9 Å². The normalized spacial score (nSPS) is 21.7. The van der Waals surface area contributed by atoms with Gasteiger partial charge in [0.25, 0.3) is 0 Å². The standard InChI is InChI=1S/C27H37N3O5/c1-28-27(31)23-16-22(20-6-8-21(33-3)9-7-20)26(17-29-23)35-18-19-5-10-25-24(15-19)30(12-14-34-25)11-4-13-32-2/h5-10,15,22-23,26,29H,4,11-14,16-18H2,1-3H3,(H,28,31)/t22-,23-,26+/m1/s1. The number of rotatable bonds is 10. The molecule has 8 nitrogen and oxygen atoms in total. The Hall–Kier alpha value is -2.81. The summed E-state index contributed by atoms with van der Waals surface area (Å²) in [7, 11) is 5.07. The van der Waals surface area contributed by atoms with Gasteiger partial charge in [-0.15, -0.1) is 0 Å². The van der Waals surface area contributed by atoms with E-state index in [2.05, 4.69) is 39.8 Å². The van der Waals surface area contributed by atoms with Crippen LogP contribution in [-0.4, -0.2) is 72.2 Å². The Labute approximate surface area is 207 Å². The Morgan fingerprint density at radius 3 is 2.77 bits per heavy atom. The van der Waals surface area contributed by atoms with E-state index in [1.807, 2.05) is 18.2 Å². The van der Waals surface area contributed by atoms with E-state index in [1.54, 1.807) is 21.3 Å². The van der Waals surface area contributed by atoms with Gasteiger partial charge in [-0.2, -0.15) is 0 Å². The minimum Gasteiger partial charge on any atom is -0.497 e. The SMILES string of the molecule is CNC(=O)[C@H]1C[C@H](c2ccc(OC)cc2)[C@@H](OCc2ccc3c(c2)N(CCCOC)CCO3)CN1. The third-order valence-corrected chi connectivity index (χ3v) is 6.83. The van der Waals surface area contributed by atoms with Gasteiger partial charge in [-0.25, -0.2) is 0 Å². The number of amides is 1. The summed E-state index contributed by atoms with van der Waals surface area (Å²) in [6, 6.07) is 14.1. The monoisotopic (exact) mass is 483 g/mol. The van der Waals surface area contributed by atoms with Crippen LogP contribution in [0.3, 0.4) is 0 Å². The quantitative estimate of drug-likeness (QED) is 0.503. The van der Waals surface area contributed by atoms with Crippen LogP contribution in [-0.2, 0) is 20.9 Å². The van der Waals surface area contributed by atoms with Crippen molar-refractivity contribution in [2.75, 3.05) is 59.0 Å². The maximum absolute atomic E-state index is 12.3. The molecule has 0 saturated carbocycles. The van der Waals surface area contributed by atoms with Crippen LogP contribution in [0.5, 0.6) is 11.5 Å². The third kappa shape index (κ3) is 6.25. The minimum absolute atomic E-state index is 0.00483. The topological polar surface area (TPSA) is 81.3 Å². The predicted molar refractivity (Wildman–Crippen MR) is 135 cm³/mol. The lowest BCUT2D eigenvalue weighted by Gasteiger charge is -2.36. The number of anilines is 1. The van der Waals surface area contributed by atoms with Gasteiger partial charge in [-0.1, -0.05) is 18.2 Å². The van der Waals surface area contributed by atoms with Crippen molar-refractivity contribution < 1.29 is 23.7 Å². The molecule has 2 aromatic carbocycles. The number of methoxy groups -OCH3 is 2. The van der Waals surface area contributed by atoms with Gasteiger partial charge in [0.05, 0.1) is 38.1 Å². The number of benzene rings is 2. The van der Waals surface area contributed by atoms with Gasteiger partial charge in [0.15, 0.2) is 0 Å². The van der Waals surface area contributed by atoms with Crippen molar-refractivity contribution >= 4 is 11.6 Å². The molecule has 3 atom stereocenters. The molecule has 1 saturated heterocycles. The Morgan fingerprint density at radius 1 is 1.20 bits per heavy atom. The van der Waals surface area contributed by atoms with E-state index in [0.29, 0.717) is 26.2 Å².